The highest BCUT2D eigenvalue weighted by molar-refractivity contribution is 7.96. The largest absolute Gasteiger partial charge is 0.454 e. The van der Waals surface area contributed by atoms with Gasteiger partial charge in [0, 0.05) is 17.3 Å². The molecule has 0 spiro atoms. The number of nitrogens with one attached hydrogen (secondary N) is 1. The van der Waals surface area contributed by atoms with Gasteiger partial charge in [0.2, 0.25) is 6.79 Å². The number of carbonyl (C=O) groups is 1. The highest BCUT2D eigenvalue weighted by atomic mass is 32.2. The van der Waals surface area contributed by atoms with Crippen LogP contribution >= 0.6 is 0 Å². The van der Waals surface area contributed by atoms with E-state index in [4.69, 9.17) is 9.47 Å². The average Bonchev–Trinajstić information content (AvgIpc) is 3.27. The van der Waals surface area contributed by atoms with E-state index in [1.165, 1.54) is 24.3 Å². The summed E-state index contributed by atoms with van der Waals surface area (Å²) in [4.78, 5) is 12.5. The topological polar surface area (TPSA) is 116 Å². The van der Waals surface area contributed by atoms with Crippen molar-refractivity contribution in [3.05, 3.63) is 48.0 Å². The van der Waals surface area contributed by atoms with Crippen LogP contribution in [0.15, 0.2) is 47.4 Å². The molecule has 1 amide bonds. The number of ether oxygens (including phenoxy) is 2. The highest BCUT2D eigenvalue weighted by Gasteiger charge is 2.38. The van der Waals surface area contributed by atoms with Crippen LogP contribution in [0.2, 0.25) is 0 Å². The lowest BCUT2D eigenvalue weighted by molar-refractivity contribution is 0.102. The van der Waals surface area contributed by atoms with Gasteiger partial charge in [-0.3, -0.25) is 4.79 Å². The molecule has 2 heterocycles. The minimum absolute atomic E-state index is 0.0621. The summed E-state index contributed by atoms with van der Waals surface area (Å²) < 4.78 is 59.3. The molecule has 0 unspecified atom stereocenters. The quantitative estimate of drug-likeness (QED) is 0.794. The van der Waals surface area contributed by atoms with Crippen LogP contribution in [0.25, 0.3) is 0 Å². The number of benzene rings is 2. The van der Waals surface area contributed by atoms with Crippen LogP contribution in [0, 0.1) is 0 Å². The zero-order chi connectivity index (χ0) is 19.9. The SMILES string of the molecule is O=C(Nc1ccc2c(c1)OCO2)c1cccc(S(=O)(=O)[C@H]2CCS(=O)(=O)C2)c1. The maximum Gasteiger partial charge on any atom is 0.255 e. The maximum atomic E-state index is 12.8. The highest BCUT2D eigenvalue weighted by Crippen LogP contribution is 2.34. The first-order valence-corrected chi connectivity index (χ1v) is 11.9. The molecule has 2 aliphatic heterocycles. The van der Waals surface area contributed by atoms with Gasteiger partial charge in [0.1, 0.15) is 0 Å². The molecule has 0 bridgehead atoms. The summed E-state index contributed by atoms with van der Waals surface area (Å²) in [5.74, 6) is 0.0774. The number of hydrogen-bond acceptors (Lipinski definition) is 7. The number of sulfone groups is 2. The van der Waals surface area contributed by atoms with Crippen molar-refractivity contribution >= 4 is 31.3 Å². The third-order valence-corrected chi connectivity index (χ3v) is 8.85. The summed E-state index contributed by atoms with van der Waals surface area (Å²) in [5.41, 5.74) is 0.629. The van der Waals surface area contributed by atoms with Gasteiger partial charge in [-0.2, -0.15) is 0 Å². The molecule has 1 saturated heterocycles. The molecule has 10 heteroatoms. The Morgan fingerprint density at radius 2 is 1.86 bits per heavy atom. The first-order valence-electron chi connectivity index (χ1n) is 8.50. The molecule has 4 rings (SSSR count). The molecule has 1 N–H and O–H groups in total. The first kappa shape index (κ1) is 18.8. The van der Waals surface area contributed by atoms with E-state index in [9.17, 15) is 21.6 Å². The summed E-state index contributed by atoms with van der Waals surface area (Å²) in [6, 6.07) is 10.5. The third kappa shape index (κ3) is 3.57. The van der Waals surface area contributed by atoms with Gasteiger partial charge < -0.3 is 14.8 Å². The zero-order valence-electron chi connectivity index (χ0n) is 14.6. The molecule has 148 valence electrons. The van der Waals surface area contributed by atoms with Crippen LogP contribution in [-0.4, -0.2) is 46.3 Å². The summed E-state index contributed by atoms with van der Waals surface area (Å²) in [5, 5.41) is 1.70. The number of anilines is 1. The Labute approximate surface area is 162 Å². The number of fused-ring (bicyclic) bond motifs is 1. The Morgan fingerprint density at radius 3 is 2.61 bits per heavy atom. The van der Waals surface area contributed by atoms with Crippen molar-refractivity contribution in [1.82, 2.24) is 0 Å². The predicted octanol–water partition coefficient (Wildman–Crippen LogP) is 1.63. The maximum absolute atomic E-state index is 12.8. The van der Waals surface area contributed by atoms with E-state index in [-0.39, 0.29) is 35.2 Å². The standard InChI is InChI=1S/C18H17NO7S2/c20-18(19-13-4-5-16-17(9-13)26-11-25-16)12-2-1-3-14(8-12)28(23,24)15-6-7-27(21,22)10-15/h1-5,8-9,15H,6-7,10-11H2,(H,19,20)/t15-/m0/s1. The van der Waals surface area contributed by atoms with E-state index in [0.717, 1.165) is 0 Å². The van der Waals surface area contributed by atoms with Gasteiger partial charge in [-0.15, -0.1) is 0 Å². The summed E-state index contributed by atoms with van der Waals surface area (Å²) in [6.07, 6.45) is 0.0677. The number of carbonyl (C=O) groups excluding carboxylic acids is 1. The predicted molar refractivity (Wildman–Crippen MR) is 101 cm³/mol. The summed E-state index contributed by atoms with van der Waals surface area (Å²) >= 11 is 0. The third-order valence-electron chi connectivity index (χ3n) is 4.68. The lowest BCUT2D eigenvalue weighted by Crippen LogP contribution is -2.23. The molecule has 1 fully saturated rings. The minimum Gasteiger partial charge on any atom is -0.454 e. The van der Waals surface area contributed by atoms with Crippen molar-refractivity contribution in [2.24, 2.45) is 0 Å². The molecule has 2 aromatic rings. The van der Waals surface area contributed by atoms with Gasteiger partial charge >= 0.3 is 0 Å². The van der Waals surface area contributed by atoms with E-state index >= 15 is 0 Å². The van der Waals surface area contributed by atoms with Gasteiger partial charge in [0.15, 0.2) is 31.2 Å². The summed E-state index contributed by atoms with van der Waals surface area (Å²) in [7, 11) is -7.18. The van der Waals surface area contributed by atoms with Crippen LogP contribution < -0.4 is 14.8 Å². The molecule has 8 nitrogen and oxygen atoms in total. The lowest BCUT2D eigenvalue weighted by Gasteiger charge is -2.12. The van der Waals surface area contributed by atoms with Crippen molar-refractivity contribution in [1.29, 1.82) is 0 Å². The van der Waals surface area contributed by atoms with Crippen molar-refractivity contribution in [3.63, 3.8) is 0 Å². The molecule has 2 aromatic carbocycles. The van der Waals surface area contributed by atoms with Gasteiger partial charge in [-0.25, -0.2) is 16.8 Å². The molecule has 2 aliphatic rings. The smallest absolute Gasteiger partial charge is 0.255 e. The zero-order valence-corrected chi connectivity index (χ0v) is 16.3. The fourth-order valence-electron chi connectivity index (χ4n) is 3.19. The molecule has 0 radical (unpaired) electrons. The first-order chi connectivity index (χ1) is 13.2. The molecule has 0 aliphatic carbocycles. The number of rotatable bonds is 4. The van der Waals surface area contributed by atoms with Gasteiger partial charge in [-0.05, 0) is 36.8 Å². The molecular weight excluding hydrogens is 406 g/mol. The Hall–Kier alpha value is -2.59. The van der Waals surface area contributed by atoms with Crippen LogP contribution in [0.1, 0.15) is 16.8 Å². The molecule has 1 atom stereocenters. The van der Waals surface area contributed by atoms with Crippen molar-refractivity contribution in [3.8, 4) is 11.5 Å². The molecule has 0 aromatic heterocycles. The van der Waals surface area contributed by atoms with Crippen LogP contribution in [0.5, 0.6) is 11.5 Å². The average molecular weight is 423 g/mol. The van der Waals surface area contributed by atoms with E-state index in [2.05, 4.69) is 5.32 Å². The summed E-state index contributed by atoms with van der Waals surface area (Å²) in [6.45, 7) is 0.115. The van der Waals surface area contributed by atoms with Crippen LogP contribution in [0.3, 0.4) is 0 Å². The van der Waals surface area contributed by atoms with Crippen LogP contribution in [0.4, 0.5) is 5.69 Å². The lowest BCUT2D eigenvalue weighted by atomic mass is 10.2. The van der Waals surface area contributed by atoms with Gasteiger partial charge in [0.25, 0.3) is 5.91 Å². The normalized spacial score (nSPS) is 20.1. The Bertz CT molecular complexity index is 1160. The fraction of sp³-hybridized carbons (Fsp3) is 0.278. The van der Waals surface area contributed by atoms with E-state index in [0.29, 0.717) is 17.2 Å². The van der Waals surface area contributed by atoms with E-state index in [1.807, 2.05) is 0 Å². The Morgan fingerprint density at radius 1 is 1.07 bits per heavy atom. The van der Waals surface area contributed by atoms with Gasteiger partial charge in [0.05, 0.1) is 21.7 Å². The Kier molecular flexibility index (Phi) is 4.54. The van der Waals surface area contributed by atoms with Crippen molar-refractivity contribution < 1.29 is 31.1 Å². The fourth-order valence-corrected chi connectivity index (χ4v) is 7.59. The second-order valence-corrected chi connectivity index (χ2v) is 11.1. The number of amides is 1. The Balaban J connectivity index is 1.56. The minimum atomic E-state index is -3.84. The monoisotopic (exact) mass is 423 g/mol. The second-order valence-electron chi connectivity index (χ2n) is 6.62. The van der Waals surface area contributed by atoms with Crippen molar-refractivity contribution in [2.45, 2.75) is 16.6 Å². The van der Waals surface area contributed by atoms with Crippen LogP contribution in [-0.2, 0) is 19.7 Å². The molecular formula is C18H17NO7S2. The van der Waals surface area contributed by atoms with E-state index < -0.39 is 30.8 Å². The van der Waals surface area contributed by atoms with Crippen molar-refractivity contribution in [2.75, 3.05) is 23.6 Å². The van der Waals surface area contributed by atoms with E-state index in [1.54, 1.807) is 18.2 Å². The van der Waals surface area contributed by atoms with Gasteiger partial charge in [-0.1, -0.05) is 6.07 Å². The molecule has 28 heavy (non-hydrogen) atoms. The second kappa shape index (κ2) is 6.78. The number of hydrogen-bond donors (Lipinski definition) is 1. The molecule has 0 saturated carbocycles.